The molecule has 1 aliphatic heterocycles. The smallest absolute Gasteiger partial charge is 0.0574 e. The first kappa shape index (κ1) is 9.47. The number of hydrogen-bond donors (Lipinski definition) is 1. The van der Waals surface area contributed by atoms with E-state index in [1.165, 1.54) is 45.2 Å². The van der Waals surface area contributed by atoms with E-state index in [-0.39, 0.29) is 0 Å². The summed E-state index contributed by atoms with van der Waals surface area (Å²) < 4.78 is 5.51. The van der Waals surface area contributed by atoms with Gasteiger partial charge >= 0.3 is 0 Å². The molecule has 1 saturated heterocycles. The maximum atomic E-state index is 5.51. The molecule has 0 aromatic heterocycles. The van der Waals surface area contributed by atoms with Gasteiger partial charge in [0, 0.05) is 7.11 Å². The molecule has 2 fully saturated rings. The van der Waals surface area contributed by atoms with Gasteiger partial charge in [-0.3, -0.25) is 0 Å². The molecule has 2 aliphatic rings. The van der Waals surface area contributed by atoms with E-state index < -0.39 is 0 Å². The fourth-order valence-corrected chi connectivity index (χ4v) is 2.74. The molecule has 2 nitrogen and oxygen atoms in total. The first-order valence-electron chi connectivity index (χ1n) is 5.62. The van der Waals surface area contributed by atoms with Gasteiger partial charge in [0.2, 0.25) is 0 Å². The highest BCUT2D eigenvalue weighted by Crippen LogP contribution is 2.29. The normalized spacial score (nSPS) is 40.8. The van der Waals surface area contributed by atoms with Crippen molar-refractivity contribution in [1.29, 1.82) is 0 Å². The maximum Gasteiger partial charge on any atom is 0.0574 e. The molecule has 76 valence electrons. The minimum atomic E-state index is 0.535. The van der Waals surface area contributed by atoms with Crippen molar-refractivity contribution >= 4 is 0 Å². The number of methoxy groups -OCH3 is 1. The molecule has 13 heavy (non-hydrogen) atoms. The van der Waals surface area contributed by atoms with E-state index in [0.29, 0.717) is 6.10 Å². The number of ether oxygens (including phenoxy) is 1. The molecule has 0 aromatic carbocycles. The number of fused-ring (bicyclic) bond motifs is 3. The van der Waals surface area contributed by atoms with Crippen molar-refractivity contribution in [1.82, 2.24) is 5.32 Å². The Balaban J connectivity index is 1.98. The molecular weight excluding hydrogens is 162 g/mol. The van der Waals surface area contributed by atoms with Gasteiger partial charge in [-0.25, -0.2) is 0 Å². The predicted molar refractivity (Wildman–Crippen MR) is 53.7 cm³/mol. The van der Waals surface area contributed by atoms with E-state index in [9.17, 15) is 0 Å². The molecule has 0 amide bonds. The summed E-state index contributed by atoms with van der Waals surface area (Å²) in [5, 5.41) is 3.58. The molecule has 2 heteroatoms. The lowest BCUT2D eigenvalue weighted by Crippen LogP contribution is -2.23. The quantitative estimate of drug-likeness (QED) is 0.669. The Kier molecular flexibility index (Phi) is 3.23. The first-order valence-corrected chi connectivity index (χ1v) is 5.62. The largest absolute Gasteiger partial charge is 0.381 e. The zero-order valence-corrected chi connectivity index (χ0v) is 8.59. The molecular formula is C11H21NO. The highest BCUT2D eigenvalue weighted by Gasteiger charge is 2.25. The van der Waals surface area contributed by atoms with Crippen LogP contribution in [0.2, 0.25) is 0 Å². The number of hydrogen-bond acceptors (Lipinski definition) is 2. The molecule has 1 heterocycles. The minimum absolute atomic E-state index is 0.535. The Morgan fingerprint density at radius 1 is 1.00 bits per heavy atom. The van der Waals surface area contributed by atoms with Crippen molar-refractivity contribution < 1.29 is 4.74 Å². The second-order valence-electron chi connectivity index (χ2n) is 4.64. The lowest BCUT2D eigenvalue weighted by molar-refractivity contribution is 0.0625. The molecule has 0 aromatic rings. The van der Waals surface area contributed by atoms with Crippen LogP contribution in [-0.4, -0.2) is 26.3 Å². The highest BCUT2D eigenvalue weighted by atomic mass is 16.5. The minimum Gasteiger partial charge on any atom is -0.381 e. The van der Waals surface area contributed by atoms with Crippen LogP contribution >= 0.6 is 0 Å². The Labute approximate surface area is 81.0 Å². The van der Waals surface area contributed by atoms with Crippen molar-refractivity contribution in [3.63, 3.8) is 0 Å². The van der Waals surface area contributed by atoms with Gasteiger partial charge in [0.15, 0.2) is 0 Å². The van der Waals surface area contributed by atoms with Gasteiger partial charge in [0.1, 0.15) is 0 Å². The van der Waals surface area contributed by atoms with Gasteiger partial charge in [0.05, 0.1) is 6.10 Å². The maximum absolute atomic E-state index is 5.51. The summed E-state index contributed by atoms with van der Waals surface area (Å²) >= 11 is 0. The van der Waals surface area contributed by atoms with Gasteiger partial charge in [-0.05, 0) is 57.0 Å². The average Bonchev–Trinajstić information content (AvgIpc) is 2.28. The zero-order valence-electron chi connectivity index (χ0n) is 8.59. The Hall–Kier alpha value is -0.0800. The van der Waals surface area contributed by atoms with Crippen LogP contribution in [0.3, 0.4) is 0 Å². The molecule has 1 aliphatic carbocycles. The first-order chi connectivity index (χ1) is 6.38. The number of rotatable bonds is 1. The summed E-state index contributed by atoms with van der Waals surface area (Å²) in [4.78, 5) is 0. The van der Waals surface area contributed by atoms with E-state index in [0.717, 1.165) is 11.8 Å². The Morgan fingerprint density at radius 3 is 2.54 bits per heavy atom. The van der Waals surface area contributed by atoms with E-state index in [1.807, 2.05) is 7.11 Å². The molecule has 2 bridgehead atoms. The Morgan fingerprint density at radius 2 is 1.69 bits per heavy atom. The lowest BCUT2D eigenvalue weighted by Gasteiger charge is -2.25. The van der Waals surface area contributed by atoms with Crippen LogP contribution in [0.25, 0.3) is 0 Å². The van der Waals surface area contributed by atoms with Crippen LogP contribution in [-0.2, 0) is 4.74 Å². The van der Waals surface area contributed by atoms with Crippen LogP contribution in [0.5, 0.6) is 0 Å². The predicted octanol–water partition coefficient (Wildman–Crippen LogP) is 1.80. The summed E-state index contributed by atoms with van der Waals surface area (Å²) in [6.45, 7) is 2.46. The molecule has 0 radical (unpaired) electrons. The van der Waals surface area contributed by atoms with Crippen molar-refractivity contribution in [3.8, 4) is 0 Å². The SMILES string of the molecule is COC1CCC2CCC(CNC2)C1. The summed E-state index contributed by atoms with van der Waals surface area (Å²) in [5.74, 6) is 1.79. The van der Waals surface area contributed by atoms with E-state index in [1.54, 1.807) is 0 Å². The van der Waals surface area contributed by atoms with Crippen molar-refractivity contribution in [2.45, 2.75) is 38.2 Å². The van der Waals surface area contributed by atoms with Gasteiger partial charge in [0.25, 0.3) is 0 Å². The standard InChI is InChI=1S/C11H21NO/c1-13-11-5-4-9-2-3-10(6-11)8-12-7-9/h9-12H,2-8H2,1H3. The topological polar surface area (TPSA) is 21.3 Å². The summed E-state index contributed by atoms with van der Waals surface area (Å²) in [7, 11) is 1.86. The van der Waals surface area contributed by atoms with Crippen molar-refractivity contribution in [2.24, 2.45) is 11.8 Å². The monoisotopic (exact) mass is 183 g/mol. The van der Waals surface area contributed by atoms with Gasteiger partial charge < -0.3 is 10.1 Å². The second kappa shape index (κ2) is 4.43. The van der Waals surface area contributed by atoms with Crippen molar-refractivity contribution in [2.75, 3.05) is 20.2 Å². The zero-order chi connectivity index (χ0) is 9.10. The van der Waals surface area contributed by atoms with Gasteiger partial charge in [-0.2, -0.15) is 0 Å². The highest BCUT2D eigenvalue weighted by molar-refractivity contribution is 4.80. The lowest BCUT2D eigenvalue weighted by atomic mass is 9.86. The molecule has 1 saturated carbocycles. The summed E-state index contributed by atoms with van der Waals surface area (Å²) in [5.41, 5.74) is 0. The molecule has 3 unspecified atom stereocenters. The van der Waals surface area contributed by atoms with E-state index in [4.69, 9.17) is 4.74 Å². The van der Waals surface area contributed by atoms with Crippen LogP contribution < -0.4 is 5.32 Å². The van der Waals surface area contributed by atoms with Crippen LogP contribution in [0.15, 0.2) is 0 Å². The van der Waals surface area contributed by atoms with E-state index in [2.05, 4.69) is 5.32 Å². The van der Waals surface area contributed by atoms with Gasteiger partial charge in [-0.1, -0.05) is 0 Å². The summed E-state index contributed by atoms with van der Waals surface area (Å²) in [6, 6.07) is 0. The van der Waals surface area contributed by atoms with Crippen LogP contribution in [0, 0.1) is 11.8 Å². The molecule has 2 rings (SSSR count). The van der Waals surface area contributed by atoms with Crippen molar-refractivity contribution in [3.05, 3.63) is 0 Å². The fourth-order valence-electron chi connectivity index (χ4n) is 2.74. The van der Waals surface area contributed by atoms with Crippen LogP contribution in [0.4, 0.5) is 0 Å². The fraction of sp³-hybridized carbons (Fsp3) is 1.00. The number of nitrogens with one attached hydrogen (secondary N) is 1. The second-order valence-corrected chi connectivity index (χ2v) is 4.64. The molecule has 1 N–H and O–H groups in total. The third-order valence-electron chi connectivity index (χ3n) is 3.68. The summed E-state index contributed by atoms with van der Waals surface area (Å²) in [6.07, 6.45) is 7.30. The Bertz CT molecular complexity index is 160. The average molecular weight is 183 g/mol. The third-order valence-corrected chi connectivity index (χ3v) is 3.68. The van der Waals surface area contributed by atoms with E-state index >= 15 is 0 Å². The molecule has 3 atom stereocenters. The van der Waals surface area contributed by atoms with Crippen LogP contribution in [0.1, 0.15) is 32.1 Å². The third kappa shape index (κ3) is 2.44. The van der Waals surface area contributed by atoms with Gasteiger partial charge in [-0.15, -0.1) is 0 Å². The molecule has 0 spiro atoms.